The van der Waals surface area contributed by atoms with Crippen LogP contribution >= 0.6 is 11.8 Å². The summed E-state index contributed by atoms with van der Waals surface area (Å²) in [6, 6.07) is 10.9. The Morgan fingerprint density at radius 2 is 2.00 bits per heavy atom. The first-order chi connectivity index (χ1) is 8.86. The van der Waals surface area contributed by atoms with Crippen molar-refractivity contribution in [2.75, 3.05) is 25.1 Å². The van der Waals surface area contributed by atoms with Gasteiger partial charge in [0.1, 0.15) is 0 Å². The van der Waals surface area contributed by atoms with Gasteiger partial charge in [-0.15, -0.1) is 0 Å². The van der Waals surface area contributed by atoms with Crippen molar-refractivity contribution in [2.24, 2.45) is 5.92 Å². The van der Waals surface area contributed by atoms with E-state index in [1.165, 1.54) is 37.0 Å². The lowest BCUT2D eigenvalue weighted by Crippen LogP contribution is -2.25. The summed E-state index contributed by atoms with van der Waals surface area (Å²) in [6.07, 6.45) is 7.31. The van der Waals surface area contributed by atoms with Crippen LogP contribution in [0.3, 0.4) is 0 Å². The molecule has 0 fully saturated rings. The number of benzene rings is 1. The van der Waals surface area contributed by atoms with E-state index in [1.54, 1.807) is 0 Å². The van der Waals surface area contributed by atoms with Crippen LogP contribution in [0.25, 0.3) is 0 Å². The fourth-order valence-corrected chi connectivity index (χ4v) is 2.68. The average Bonchev–Trinajstić information content (AvgIpc) is 2.40. The van der Waals surface area contributed by atoms with Gasteiger partial charge < -0.3 is 5.32 Å². The summed E-state index contributed by atoms with van der Waals surface area (Å²) in [4.78, 5) is 0. The average molecular weight is 265 g/mol. The van der Waals surface area contributed by atoms with Crippen molar-refractivity contribution in [2.45, 2.75) is 32.6 Å². The van der Waals surface area contributed by atoms with Crippen LogP contribution in [0.4, 0.5) is 0 Å². The number of nitrogens with one attached hydrogen (secondary N) is 1. The molecule has 102 valence electrons. The van der Waals surface area contributed by atoms with Crippen LogP contribution in [-0.2, 0) is 6.42 Å². The summed E-state index contributed by atoms with van der Waals surface area (Å²) in [5, 5.41) is 3.58. The summed E-state index contributed by atoms with van der Waals surface area (Å²) in [6.45, 7) is 4.54. The van der Waals surface area contributed by atoms with Gasteiger partial charge in [0.2, 0.25) is 0 Å². The molecule has 0 spiro atoms. The topological polar surface area (TPSA) is 12.0 Å². The van der Waals surface area contributed by atoms with Crippen molar-refractivity contribution in [3.63, 3.8) is 0 Å². The summed E-state index contributed by atoms with van der Waals surface area (Å²) in [7, 11) is 0. The van der Waals surface area contributed by atoms with E-state index in [0.29, 0.717) is 0 Å². The zero-order valence-electron chi connectivity index (χ0n) is 11.8. The Balaban J connectivity index is 2.37. The van der Waals surface area contributed by atoms with Gasteiger partial charge in [0.15, 0.2) is 0 Å². The van der Waals surface area contributed by atoms with Crippen molar-refractivity contribution in [3.8, 4) is 0 Å². The number of rotatable bonds is 10. The van der Waals surface area contributed by atoms with Crippen LogP contribution in [-0.4, -0.2) is 25.1 Å². The lowest BCUT2D eigenvalue weighted by atomic mass is 9.95. The molecule has 1 rings (SSSR count). The molecule has 1 aromatic rings. The fraction of sp³-hybridized carbons (Fsp3) is 0.625. The maximum Gasteiger partial charge on any atom is -0.00173 e. The van der Waals surface area contributed by atoms with Gasteiger partial charge in [0.05, 0.1) is 0 Å². The van der Waals surface area contributed by atoms with Crippen LogP contribution < -0.4 is 5.32 Å². The molecule has 0 aliphatic carbocycles. The lowest BCUT2D eigenvalue weighted by molar-refractivity contribution is 0.440. The molecule has 0 saturated heterocycles. The molecule has 0 radical (unpaired) electrons. The Bertz CT molecular complexity index is 276. The third-order valence-electron chi connectivity index (χ3n) is 3.19. The molecule has 1 aromatic carbocycles. The number of thioether (sulfide) groups is 1. The van der Waals surface area contributed by atoms with Crippen LogP contribution in [0, 0.1) is 5.92 Å². The highest BCUT2D eigenvalue weighted by atomic mass is 32.2. The van der Waals surface area contributed by atoms with Crippen molar-refractivity contribution >= 4 is 11.8 Å². The third-order valence-corrected chi connectivity index (χ3v) is 3.88. The predicted molar refractivity (Wildman–Crippen MR) is 84.4 cm³/mol. The van der Waals surface area contributed by atoms with Crippen LogP contribution in [0.1, 0.15) is 31.7 Å². The van der Waals surface area contributed by atoms with E-state index in [2.05, 4.69) is 48.8 Å². The zero-order valence-corrected chi connectivity index (χ0v) is 12.6. The van der Waals surface area contributed by atoms with Crippen LogP contribution in [0.2, 0.25) is 0 Å². The van der Waals surface area contributed by atoms with Gasteiger partial charge >= 0.3 is 0 Å². The lowest BCUT2D eigenvalue weighted by Gasteiger charge is -2.17. The first kappa shape index (κ1) is 15.6. The van der Waals surface area contributed by atoms with Gasteiger partial charge in [-0.1, -0.05) is 37.3 Å². The molecular formula is C16H27NS. The second-order valence-corrected chi connectivity index (χ2v) is 5.88. The molecule has 0 saturated carbocycles. The minimum Gasteiger partial charge on any atom is -0.316 e. The Labute approximate surface area is 117 Å². The van der Waals surface area contributed by atoms with E-state index in [9.17, 15) is 0 Å². The van der Waals surface area contributed by atoms with Gasteiger partial charge in [0.25, 0.3) is 0 Å². The van der Waals surface area contributed by atoms with Gasteiger partial charge in [-0.2, -0.15) is 11.8 Å². The van der Waals surface area contributed by atoms with Crippen molar-refractivity contribution in [1.82, 2.24) is 5.32 Å². The SMILES string of the molecule is CCCNCC(CCCSC)Cc1ccccc1. The highest BCUT2D eigenvalue weighted by molar-refractivity contribution is 7.98. The first-order valence-corrected chi connectivity index (χ1v) is 8.49. The number of hydrogen-bond donors (Lipinski definition) is 1. The largest absolute Gasteiger partial charge is 0.316 e. The molecule has 0 heterocycles. The standard InChI is InChI=1S/C16H27NS/c1-3-11-17-14-16(10-7-12-18-2)13-15-8-5-4-6-9-15/h4-6,8-9,16-17H,3,7,10-14H2,1-2H3. The molecule has 0 bridgehead atoms. The molecule has 0 aliphatic heterocycles. The molecular weight excluding hydrogens is 238 g/mol. The maximum atomic E-state index is 3.58. The Morgan fingerprint density at radius 3 is 2.67 bits per heavy atom. The van der Waals surface area contributed by atoms with Gasteiger partial charge in [0, 0.05) is 0 Å². The fourth-order valence-electron chi connectivity index (χ4n) is 2.22. The Morgan fingerprint density at radius 1 is 1.22 bits per heavy atom. The molecule has 0 amide bonds. The van der Waals surface area contributed by atoms with E-state index >= 15 is 0 Å². The normalized spacial score (nSPS) is 12.6. The summed E-state index contributed by atoms with van der Waals surface area (Å²) in [5.74, 6) is 2.07. The third kappa shape index (κ3) is 7.07. The molecule has 0 aromatic heterocycles. The zero-order chi connectivity index (χ0) is 13.1. The minimum absolute atomic E-state index is 0.783. The predicted octanol–water partition coefficient (Wildman–Crippen LogP) is 3.99. The van der Waals surface area contributed by atoms with Crippen molar-refractivity contribution in [3.05, 3.63) is 35.9 Å². The highest BCUT2D eigenvalue weighted by Gasteiger charge is 2.09. The molecule has 1 nitrogen and oxygen atoms in total. The Hall–Kier alpha value is -0.470. The molecule has 2 heteroatoms. The van der Waals surface area contributed by atoms with Crippen molar-refractivity contribution in [1.29, 1.82) is 0 Å². The quantitative estimate of drug-likeness (QED) is 0.642. The van der Waals surface area contributed by atoms with Gasteiger partial charge in [-0.25, -0.2) is 0 Å². The summed E-state index contributed by atoms with van der Waals surface area (Å²) >= 11 is 1.96. The smallest absolute Gasteiger partial charge is 0.00173 e. The summed E-state index contributed by atoms with van der Waals surface area (Å²) in [5.41, 5.74) is 1.48. The van der Waals surface area contributed by atoms with E-state index in [-0.39, 0.29) is 0 Å². The summed E-state index contributed by atoms with van der Waals surface area (Å²) < 4.78 is 0. The van der Waals surface area contributed by atoms with Crippen LogP contribution in [0.15, 0.2) is 30.3 Å². The van der Waals surface area contributed by atoms with Gasteiger partial charge in [-0.05, 0) is 62.3 Å². The van der Waals surface area contributed by atoms with Crippen molar-refractivity contribution < 1.29 is 0 Å². The van der Waals surface area contributed by atoms with E-state index in [1.807, 2.05) is 11.8 Å². The molecule has 1 N–H and O–H groups in total. The maximum absolute atomic E-state index is 3.58. The second-order valence-electron chi connectivity index (χ2n) is 4.89. The number of hydrogen-bond acceptors (Lipinski definition) is 2. The van der Waals surface area contributed by atoms with E-state index < -0.39 is 0 Å². The highest BCUT2D eigenvalue weighted by Crippen LogP contribution is 2.15. The van der Waals surface area contributed by atoms with E-state index in [4.69, 9.17) is 0 Å². The second kappa shape index (κ2) is 10.5. The molecule has 1 unspecified atom stereocenters. The monoisotopic (exact) mass is 265 g/mol. The van der Waals surface area contributed by atoms with E-state index in [0.717, 1.165) is 19.0 Å². The Kier molecular flexibility index (Phi) is 9.05. The van der Waals surface area contributed by atoms with Gasteiger partial charge in [-0.3, -0.25) is 0 Å². The molecule has 18 heavy (non-hydrogen) atoms. The minimum atomic E-state index is 0.783. The molecule has 0 aliphatic rings. The first-order valence-electron chi connectivity index (χ1n) is 7.10. The van der Waals surface area contributed by atoms with Crippen LogP contribution in [0.5, 0.6) is 0 Å². The molecule has 1 atom stereocenters.